The number of aryl methyl sites for hydroxylation is 2. The van der Waals surface area contributed by atoms with E-state index >= 15 is 0 Å². The van der Waals surface area contributed by atoms with Gasteiger partial charge in [0.25, 0.3) is 0 Å². The van der Waals surface area contributed by atoms with Gasteiger partial charge in [0.2, 0.25) is 0 Å². The molecule has 258 valence electrons. The van der Waals surface area contributed by atoms with Gasteiger partial charge < -0.3 is 51.8 Å². The van der Waals surface area contributed by atoms with Crippen molar-refractivity contribution in [3.05, 3.63) is 53.6 Å². The van der Waals surface area contributed by atoms with E-state index in [4.69, 9.17) is 25.7 Å². The Hall–Kier alpha value is -4.49. The van der Waals surface area contributed by atoms with Gasteiger partial charge in [-0.3, -0.25) is 14.8 Å². The Morgan fingerprint density at radius 1 is 1.09 bits per heavy atom. The van der Waals surface area contributed by atoms with Crippen LogP contribution in [0.25, 0.3) is 0 Å². The average molecular weight is 654 g/mol. The lowest BCUT2D eigenvalue weighted by atomic mass is 9.97. The number of rotatable bonds is 18. The summed E-state index contributed by atoms with van der Waals surface area (Å²) < 4.78 is 17.5. The largest absolute Gasteiger partial charge is 0.504 e. The molecule has 9 N–H and O–H groups in total. The number of methoxy groups -OCH3 is 1. The summed E-state index contributed by atoms with van der Waals surface area (Å²) in [7, 11) is 6.56. The van der Waals surface area contributed by atoms with E-state index in [0.717, 1.165) is 36.8 Å². The van der Waals surface area contributed by atoms with Crippen molar-refractivity contribution in [3.8, 4) is 23.0 Å². The number of hydrogen-bond donors (Lipinski definition) is 7. The molecule has 0 heterocycles. The predicted octanol–water partition coefficient (Wildman–Crippen LogP) is 3.19. The number of anilines is 1. The normalized spacial score (nSPS) is 18.4. The maximum Gasteiger partial charge on any atom is 0.192 e. The van der Waals surface area contributed by atoms with E-state index in [0.29, 0.717) is 74.6 Å². The summed E-state index contributed by atoms with van der Waals surface area (Å²) in [4.78, 5) is 20.3. The quantitative estimate of drug-likeness (QED) is 0.0311. The second-order valence-corrected chi connectivity index (χ2v) is 11.7. The van der Waals surface area contributed by atoms with Gasteiger partial charge in [-0.25, -0.2) is 0 Å². The number of guanidine groups is 2. The number of nitrogens with two attached hydrogens (primary N) is 2. The van der Waals surface area contributed by atoms with Crippen LogP contribution in [0.15, 0.2) is 52.5 Å². The van der Waals surface area contributed by atoms with Crippen molar-refractivity contribution in [2.75, 3.05) is 53.5 Å². The standard InChI is InChI=1S/C34H51N7O6/c1-37-21-34(15-13-24(20-34)14-16-46-22-40-32(35)38-2)47-30-19-25(17-27(31(30)44)41-33(36)39-3)7-5-6-8-26(42)11-9-23-10-12-28(43)29(18-23)45-4/h6,8,10,12,17-19,24,37,43-44H,5,7,9,11,13-16,20-22H2,1-4H3,(H3,35,38,40)(H3,36,39,41)/t24-,34+/m1/s1. The van der Waals surface area contributed by atoms with E-state index in [1.54, 1.807) is 38.4 Å². The molecule has 0 aliphatic heterocycles. The minimum atomic E-state index is -0.511. The second kappa shape index (κ2) is 18.6. The average Bonchev–Trinajstić information content (AvgIpc) is 3.46. The Morgan fingerprint density at radius 3 is 2.57 bits per heavy atom. The van der Waals surface area contributed by atoms with Crippen molar-refractivity contribution in [2.24, 2.45) is 27.4 Å². The maximum atomic E-state index is 12.5. The summed E-state index contributed by atoms with van der Waals surface area (Å²) >= 11 is 0. The van der Waals surface area contributed by atoms with Gasteiger partial charge in [-0.1, -0.05) is 12.1 Å². The van der Waals surface area contributed by atoms with Crippen molar-refractivity contribution in [3.63, 3.8) is 0 Å². The molecule has 3 rings (SSSR count). The Labute approximate surface area is 277 Å². The Bertz CT molecular complexity index is 1410. The number of carbonyl (C=O) groups is 1. The van der Waals surface area contributed by atoms with Crippen molar-refractivity contribution in [2.45, 2.75) is 57.0 Å². The number of phenolic OH excluding ortho intramolecular Hbond substituents is 2. The predicted molar refractivity (Wildman–Crippen MR) is 185 cm³/mol. The van der Waals surface area contributed by atoms with E-state index in [9.17, 15) is 15.0 Å². The van der Waals surface area contributed by atoms with Crippen LogP contribution in [-0.2, 0) is 22.4 Å². The van der Waals surface area contributed by atoms with E-state index < -0.39 is 5.60 Å². The number of benzene rings is 2. The van der Waals surface area contributed by atoms with Crippen molar-refractivity contribution < 1.29 is 29.2 Å². The number of nitrogens with one attached hydrogen (secondary N) is 3. The number of phenols is 2. The van der Waals surface area contributed by atoms with Gasteiger partial charge in [0.05, 0.1) is 12.8 Å². The molecule has 2 atom stereocenters. The molecular weight excluding hydrogens is 602 g/mol. The van der Waals surface area contributed by atoms with Crippen LogP contribution in [0.3, 0.4) is 0 Å². The summed E-state index contributed by atoms with van der Waals surface area (Å²) in [5, 5.41) is 30.1. The molecule has 0 spiro atoms. The van der Waals surface area contributed by atoms with Gasteiger partial charge in [-0.05, 0) is 99.4 Å². The van der Waals surface area contributed by atoms with Gasteiger partial charge in [-0.15, -0.1) is 0 Å². The summed E-state index contributed by atoms with van der Waals surface area (Å²) in [6.45, 7) is 1.49. The highest BCUT2D eigenvalue weighted by atomic mass is 16.5. The monoisotopic (exact) mass is 653 g/mol. The van der Waals surface area contributed by atoms with Crippen molar-refractivity contribution in [1.29, 1.82) is 0 Å². The molecule has 0 radical (unpaired) electrons. The molecule has 2 aromatic carbocycles. The van der Waals surface area contributed by atoms with Crippen molar-refractivity contribution in [1.82, 2.24) is 10.6 Å². The molecule has 0 aromatic heterocycles. The number of aliphatic imine (C=N–C) groups is 2. The lowest BCUT2D eigenvalue weighted by Gasteiger charge is -2.31. The number of aromatic hydroxyl groups is 2. The molecular formula is C34H51N7O6. The molecule has 13 nitrogen and oxygen atoms in total. The first-order chi connectivity index (χ1) is 22.6. The first-order valence-electron chi connectivity index (χ1n) is 15.9. The molecule has 0 unspecified atom stereocenters. The van der Waals surface area contributed by atoms with Crippen LogP contribution in [-0.4, -0.2) is 81.7 Å². The first kappa shape index (κ1) is 37.0. The molecule has 13 heteroatoms. The number of hydrogen-bond acceptors (Lipinski definition) is 9. The van der Waals surface area contributed by atoms with Crippen LogP contribution in [0.1, 0.15) is 49.7 Å². The topological polar surface area (TPSA) is 198 Å². The maximum absolute atomic E-state index is 12.5. The van der Waals surface area contributed by atoms with Gasteiger partial charge >= 0.3 is 0 Å². The van der Waals surface area contributed by atoms with Gasteiger partial charge in [0.1, 0.15) is 12.3 Å². The van der Waals surface area contributed by atoms with Gasteiger partial charge in [0.15, 0.2) is 40.7 Å². The molecule has 47 heavy (non-hydrogen) atoms. The van der Waals surface area contributed by atoms with Crippen LogP contribution >= 0.6 is 0 Å². The number of ether oxygens (including phenoxy) is 3. The molecule has 0 bridgehead atoms. The first-order valence-corrected chi connectivity index (χ1v) is 15.9. The highest BCUT2D eigenvalue weighted by Gasteiger charge is 2.41. The third kappa shape index (κ3) is 11.7. The molecule has 2 aromatic rings. The Morgan fingerprint density at radius 2 is 1.85 bits per heavy atom. The lowest BCUT2D eigenvalue weighted by molar-refractivity contribution is -0.114. The SMILES string of the molecule is CN=C(N)NCOCC[C@H]1CC[C@](CNC)(Oc2cc(CCC=CC(=O)CCc3ccc(O)c(OC)c3)cc(NC(N)=NC)c2O)C1. The zero-order valence-corrected chi connectivity index (χ0v) is 28.0. The number of allylic oxidation sites excluding steroid dienone is 2. The van der Waals surface area contributed by atoms with Gasteiger partial charge in [-0.2, -0.15) is 0 Å². The molecule has 1 aliphatic carbocycles. The highest BCUT2D eigenvalue weighted by molar-refractivity contribution is 5.94. The summed E-state index contributed by atoms with van der Waals surface area (Å²) in [6.07, 6.45) is 9.00. The number of ketones is 1. The van der Waals surface area contributed by atoms with Crippen LogP contribution in [0, 0.1) is 5.92 Å². The van der Waals surface area contributed by atoms with E-state index in [-0.39, 0.29) is 23.2 Å². The summed E-state index contributed by atoms with van der Waals surface area (Å²) in [5.74, 6) is 1.67. The minimum absolute atomic E-state index is 0.00597. The highest BCUT2D eigenvalue weighted by Crippen LogP contribution is 2.44. The van der Waals surface area contributed by atoms with Crippen LogP contribution in [0.4, 0.5) is 5.69 Å². The smallest absolute Gasteiger partial charge is 0.192 e. The third-order valence-corrected chi connectivity index (χ3v) is 8.21. The van der Waals surface area contributed by atoms with E-state index in [1.807, 2.05) is 25.3 Å². The molecule has 1 fully saturated rings. The zero-order valence-electron chi connectivity index (χ0n) is 28.0. The van der Waals surface area contributed by atoms with E-state index in [1.165, 1.54) is 7.11 Å². The fraction of sp³-hybridized carbons (Fsp3) is 0.500. The van der Waals surface area contributed by atoms with Gasteiger partial charge in [0, 0.05) is 33.7 Å². The van der Waals surface area contributed by atoms with Crippen LogP contribution in [0.2, 0.25) is 0 Å². The van der Waals surface area contributed by atoms with Crippen LogP contribution < -0.4 is 36.9 Å². The number of nitrogens with zero attached hydrogens (tertiary/aromatic N) is 2. The fourth-order valence-corrected chi connectivity index (χ4v) is 5.68. The lowest BCUT2D eigenvalue weighted by Crippen LogP contribution is -2.42. The third-order valence-electron chi connectivity index (χ3n) is 8.21. The Kier molecular flexibility index (Phi) is 14.6. The molecule has 0 amide bonds. The molecule has 1 aliphatic rings. The molecule has 1 saturated carbocycles. The minimum Gasteiger partial charge on any atom is -0.504 e. The van der Waals surface area contributed by atoms with Crippen LogP contribution in [0.5, 0.6) is 23.0 Å². The summed E-state index contributed by atoms with van der Waals surface area (Å²) in [5.41, 5.74) is 13.3. The fourth-order valence-electron chi connectivity index (χ4n) is 5.68. The second-order valence-electron chi connectivity index (χ2n) is 11.7. The zero-order chi connectivity index (χ0) is 34.2. The number of likely N-dealkylation sites (N-methyl/N-ethyl adjacent to an activating group) is 1. The number of carbonyl (C=O) groups excluding carboxylic acids is 1. The van der Waals surface area contributed by atoms with Crippen molar-refractivity contribution >= 4 is 23.4 Å². The van der Waals surface area contributed by atoms with E-state index in [2.05, 4.69) is 25.9 Å². The Balaban J connectivity index is 1.65. The summed E-state index contributed by atoms with van der Waals surface area (Å²) in [6, 6.07) is 8.75. The molecule has 0 saturated heterocycles.